The first-order chi connectivity index (χ1) is 6.88. The molecule has 0 saturated carbocycles. The first kappa shape index (κ1) is 11.7. The monoisotopic (exact) mass is 210 g/mol. The zero-order chi connectivity index (χ0) is 11.5. The van der Waals surface area contributed by atoms with Gasteiger partial charge in [-0.3, -0.25) is 9.89 Å². The van der Waals surface area contributed by atoms with E-state index in [-0.39, 0.29) is 11.3 Å². The van der Waals surface area contributed by atoms with Crippen LogP contribution in [-0.4, -0.2) is 33.0 Å². The van der Waals surface area contributed by atoms with Gasteiger partial charge >= 0.3 is 0 Å². The fraction of sp³-hybridized carbons (Fsp3) is 0.700. The molecule has 0 radical (unpaired) electrons. The van der Waals surface area contributed by atoms with Crippen molar-refractivity contribution >= 4 is 5.91 Å². The summed E-state index contributed by atoms with van der Waals surface area (Å²) in [5.41, 5.74) is 0.0206. The summed E-state index contributed by atoms with van der Waals surface area (Å²) in [6.45, 7) is 6.63. The van der Waals surface area contributed by atoms with Crippen LogP contribution in [0, 0.1) is 5.41 Å². The second-order valence-electron chi connectivity index (χ2n) is 4.92. The Morgan fingerprint density at radius 1 is 1.53 bits per heavy atom. The van der Waals surface area contributed by atoms with Gasteiger partial charge in [-0.2, -0.15) is 5.10 Å². The minimum absolute atomic E-state index is 0.0206. The quantitative estimate of drug-likeness (QED) is 0.815. The summed E-state index contributed by atoms with van der Waals surface area (Å²) >= 11 is 0. The van der Waals surface area contributed by atoms with Crippen LogP contribution >= 0.6 is 0 Å². The van der Waals surface area contributed by atoms with E-state index < -0.39 is 0 Å². The number of aromatic amines is 1. The number of carbonyl (C=O) groups excluding carboxylic acids is 1. The lowest BCUT2D eigenvalue weighted by molar-refractivity contribution is -0.132. The molecule has 0 aliphatic carbocycles. The first-order valence-corrected chi connectivity index (χ1v) is 4.97. The van der Waals surface area contributed by atoms with E-state index in [0.717, 1.165) is 0 Å². The average molecular weight is 210 g/mol. The van der Waals surface area contributed by atoms with Crippen LogP contribution in [0.4, 0.5) is 0 Å². The van der Waals surface area contributed by atoms with E-state index in [1.54, 1.807) is 11.9 Å². The van der Waals surface area contributed by atoms with Gasteiger partial charge in [0, 0.05) is 13.5 Å². The van der Waals surface area contributed by atoms with Crippen LogP contribution in [0.3, 0.4) is 0 Å². The van der Waals surface area contributed by atoms with Gasteiger partial charge in [-0.05, 0) is 5.41 Å². The van der Waals surface area contributed by atoms with E-state index in [0.29, 0.717) is 18.8 Å². The molecule has 0 aliphatic rings. The minimum atomic E-state index is 0.0206. The highest BCUT2D eigenvalue weighted by Gasteiger charge is 2.19. The van der Waals surface area contributed by atoms with E-state index in [2.05, 4.69) is 15.2 Å². The van der Waals surface area contributed by atoms with Gasteiger partial charge in [0.2, 0.25) is 5.91 Å². The lowest BCUT2D eigenvalue weighted by Crippen LogP contribution is -2.30. The first-order valence-electron chi connectivity index (χ1n) is 4.97. The van der Waals surface area contributed by atoms with Crippen molar-refractivity contribution < 1.29 is 4.79 Å². The van der Waals surface area contributed by atoms with E-state index in [1.165, 1.54) is 6.33 Å². The molecular weight excluding hydrogens is 192 g/mol. The Balaban J connectivity index is 2.47. The van der Waals surface area contributed by atoms with Crippen LogP contribution < -0.4 is 0 Å². The SMILES string of the molecule is CN(Cc1ncn[nH]1)C(=O)CC(C)(C)C. The molecule has 0 bridgehead atoms. The van der Waals surface area contributed by atoms with E-state index >= 15 is 0 Å². The molecule has 0 atom stereocenters. The molecule has 1 heterocycles. The Kier molecular flexibility index (Phi) is 3.44. The summed E-state index contributed by atoms with van der Waals surface area (Å²) in [6.07, 6.45) is 1.98. The fourth-order valence-corrected chi connectivity index (χ4v) is 1.21. The van der Waals surface area contributed by atoms with Crippen molar-refractivity contribution in [1.82, 2.24) is 20.1 Å². The van der Waals surface area contributed by atoms with Crippen molar-refractivity contribution in [2.75, 3.05) is 7.05 Å². The van der Waals surface area contributed by atoms with Crippen LogP contribution in [-0.2, 0) is 11.3 Å². The fourth-order valence-electron chi connectivity index (χ4n) is 1.21. The molecule has 1 aromatic heterocycles. The third-order valence-corrected chi connectivity index (χ3v) is 1.96. The van der Waals surface area contributed by atoms with E-state index in [4.69, 9.17) is 0 Å². The highest BCUT2D eigenvalue weighted by molar-refractivity contribution is 5.76. The Morgan fingerprint density at radius 2 is 2.20 bits per heavy atom. The highest BCUT2D eigenvalue weighted by atomic mass is 16.2. The van der Waals surface area contributed by atoms with Crippen LogP contribution in [0.25, 0.3) is 0 Å². The smallest absolute Gasteiger partial charge is 0.223 e. The molecular formula is C10H18N4O. The molecule has 1 N–H and O–H groups in total. The number of rotatable bonds is 3. The number of aromatic nitrogens is 3. The summed E-state index contributed by atoms with van der Waals surface area (Å²) < 4.78 is 0. The van der Waals surface area contributed by atoms with Gasteiger partial charge in [-0.1, -0.05) is 20.8 Å². The second kappa shape index (κ2) is 4.42. The Bertz CT molecular complexity index is 313. The Labute approximate surface area is 89.9 Å². The average Bonchev–Trinajstić information content (AvgIpc) is 2.53. The Morgan fingerprint density at radius 3 is 2.67 bits per heavy atom. The minimum Gasteiger partial charge on any atom is -0.338 e. The van der Waals surface area contributed by atoms with Crippen LogP contribution in [0.5, 0.6) is 0 Å². The number of nitrogens with one attached hydrogen (secondary N) is 1. The van der Waals surface area contributed by atoms with Gasteiger partial charge in [0.15, 0.2) is 0 Å². The molecule has 0 aliphatic heterocycles. The number of amides is 1. The summed E-state index contributed by atoms with van der Waals surface area (Å²) in [4.78, 5) is 17.4. The van der Waals surface area contributed by atoms with Crippen molar-refractivity contribution in [2.45, 2.75) is 33.7 Å². The zero-order valence-corrected chi connectivity index (χ0v) is 9.74. The van der Waals surface area contributed by atoms with Crippen LogP contribution in [0.1, 0.15) is 33.0 Å². The molecule has 1 aromatic rings. The van der Waals surface area contributed by atoms with E-state index in [9.17, 15) is 4.79 Å². The molecule has 0 saturated heterocycles. The third-order valence-electron chi connectivity index (χ3n) is 1.96. The maximum Gasteiger partial charge on any atom is 0.223 e. The third kappa shape index (κ3) is 4.10. The van der Waals surface area contributed by atoms with Crippen molar-refractivity contribution in [2.24, 2.45) is 5.41 Å². The van der Waals surface area contributed by atoms with Crippen molar-refractivity contribution in [1.29, 1.82) is 0 Å². The number of hydrogen-bond donors (Lipinski definition) is 1. The van der Waals surface area contributed by atoms with Gasteiger partial charge in [-0.15, -0.1) is 0 Å². The largest absolute Gasteiger partial charge is 0.338 e. The molecule has 0 aromatic carbocycles. The Hall–Kier alpha value is -1.39. The molecule has 0 fully saturated rings. The number of H-pyrrole nitrogens is 1. The normalized spacial score (nSPS) is 11.5. The topological polar surface area (TPSA) is 61.9 Å². The predicted octanol–water partition coefficient (Wildman–Crippen LogP) is 1.20. The molecule has 0 spiro atoms. The number of hydrogen-bond acceptors (Lipinski definition) is 3. The molecule has 1 amide bonds. The molecule has 15 heavy (non-hydrogen) atoms. The van der Waals surface area contributed by atoms with Gasteiger partial charge in [0.1, 0.15) is 12.2 Å². The molecule has 84 valence electrons. The van der Waals surface area contributed by atoms with Crippen molar-refractivity contribution in [3.63, 3.8) is 0 Å². The predicted molar refractivity (Wildman–Crippen MR) is 56.9 cm³/mol. The number of nitrogens with zero attached hydrogens (tertiary/aromatic N) is 3. The summed E-state index contributed by atoms with van der Waals surface area (Å²) in [6, 6.07) is 0. The molecule has 5 heteroatoms. The summed E-state index contributed by atoms with van der Waals surface area (Å²) in [5, 5.41) is 6.47. The van der Waals surface area contributed by atoms with Crippen molar-refractivity contribution in [3.8, 4) is 0 Å². The lowest BCUT2D eigenvalue weighted by Gasteiger charge is -2.22. The van der Waals surface area contributed by atoms with Crippen LogP contribution in [0.15, 0.2) is 6.33 Å². The number of carbonyl (C=O) groups is 1. The molecule has 5 nitrogen and oxygen atoms in total. The lowest BCUT2D eigenvalue weighted by atomic mass is 9.92. The molecule has 0 unspecified atom stereocenters. The maximum absolute atomic E-state index is 11.7. The highest BCUT2D eigenvalue weighted by Crippen LogP contribution is 2.19. The van der Waals surface area contributed by atoms with Gasteiger partial charge in [0.05, 0.1) is 6.54 Å². The van der Waals surface area contributed by atoms with Gasteiger partial charge < -0.3 is 4.90 Å². The molecule has 1 rings (SSSR count). The second-order valence-corrected chi connectivity index (χ2v) is 4.92. The summed E-state index contributed by atoms with van der Waals surface area (Å²) in [7, 11) is 1.77. The van der Waals surface area contributed by atoms with Crippen LogP contribution in [0.2, 0.25) is 0 Å². The standard InChI is InChI=1S/C10H18N4O/c1-10(2,3)5-9(15)14(4)6-8-11-7-12-13-8/h7H,5-6H2,1-4H3,(H,11,12,13). The summed E-state index contributed by atoms with van der Waals surface area (Å²) in [5.74, 6) is 0.832. The maximum atomic E-state index is 11.7. The van der Waals surface area contributed by atoms with Crippen molar-refractivity contribution in [3.05, 3.63) is 12.2 Å². The van der Waals surface area contributed by atoms with Gasteiger partial charge in [-0.25, -0.2) is 4.98 Å². The van der Waals surface area contributed by atoms with Gasteiger partial charge in [0.25, 0.3) is 0 Å². The zero-order valence-electron chi connectivity index (χ0n) is 9.74. The van der Waals surface area contributed by atoms with E-state index in [1.807, 2.05) is 20.8 Å².